The smallest absolute Gasteiger partial charge is 0.323 e. The van der Waals surface area contributed by atoms with Gasteiger partial charge in [0.15, 0.2) is 0 Å². The SMILES string of the molecule is O=C(OCc1ccc(CO[N+](=O)[O-])cc1)C1C[C@@H]2CCC[C@@H]2N1. The van der Waals surface area contributed by atoms with Crippen molar-refractivity contribution in [3.8, 4) is 0 Å². The fourth-order valence-corrected chi connectivity index (χ4v) is 3.45. The minimum absolute atomic E-state index is 0.0815. The topological polar surface area (TPSA) is 90.7 Å². The van der Waals surface area contributed by atoms with E-state index in [-0.39, 0.29) is 25.2 Å². The first-order valence-electron chi connectivity index (χ1n) is 7.89. The average molecular weight is 320 g/mol. The summed E-state index contributed by atoms with van der Waals surface area (Å²) in [6, 6.07) is 7.31. The number of fused-ring (bicyclic) bond motifs is 1. The Balaban J connectivity index is 1.44. The molecule has 1 aliphatic carbocycles. The van der Waals surface area contributed by atoms with Crippen LogP contribution >= 0.6 is 0 Å². The molecule has 2 aliphatic rings. The Morgan fingerprint density at radius 2 is 1.91 bits per heavy atom. The molecule has 3 atom stereocenters. The molecule has 1 aliphatic heterocycles. The van der Waals surface area contributed by atoms with Gasteiger partial charge in [0.1, 0.15) is 19.3 Å². The Morgan fingerprint density at radius 1 is 1.22 bits per heavy atom. The first kappa shape index (κ1) is 15.7. The van der Waals surface area contributed by atoms with Crippen molar-refractivity contribution in [1.82, 2.24) is 5.32 Å². The van der Waals surface area contributed by atoms with Crippen molar-refractivity contribution in [2.24, 2.45) is 5.92 Å². The fourth-order valence-electron chi connectivity index (χ4n) is 3.45. The van der Waals surface area contributed by atoms with Gasteiger partial charge in [-0.15, -0.1) is 10.1 Å². The van der Waals surface area contributed by atoms with E-state index >= 15 is 0 Å². The van der Waals surface area contributed by atoms with Crippen molar-refractivity contribution < 1.29 is 19.5 Å². The minimum Gasteiger partial charge on any atom is -0.460 e. The Kier molecular flexibility index (Phi) is 4.76. The third kappa shape index (κ3) is 3.98. The lowest BCUT2D eigenvalue weighted by atomic mass is 10.0. The number of rotatable bonds is 6. The van der Waals surface area contributed by atoms with Crippen molar-refractivity contribution in [2.75, 3.05) is 0 Å². The summed E-state index contributed by atoms with van der Waals surface area (Å²) in [5, 5.41) is 12.7. The first-order chi connectivity index (χ1) is 11.1. The number of benzene rings is 1. The number of carbonyl (C=O) groups excluding carboxylic acids is 1. The van der Waals surface area contributed by atoms with Gasteiger partial charge in [-0.05, 0) is 36.3 Å². The van der Waals surface area contributed by atoms with Gasteiger partial charge in [0.25, 0.3) is 5.09 Å². The molecule has 0 spiro atoms. The Labute approximate surface area is 134 Å². The monoisotopic (exact) mass is 320 g/mol. The van der Waals surface area contributed by atoms with Crippen molar-refractivity contribution in [1.29, 1.82) is 0 Å². The molecule has 1 N–H and O–H groups in total. The van der Waals surface area contributed by atoms with Gasteiger partial charge in [-0.25, -0.2) is 0 Å². The second kappa shape index (κ2) is 6.95. The second-order valence-corrected chi connectivity index (χ2v) is 6.17. The summed E-state index contributed by atoms with van der Waals surface area (Å²) >= 11 is 0. The number of carbonyl (C=O) groups is 1. The van der Waals surface area contributed by atoms with Crippen molar-refractivity contribution in [3.63, 3.8) is 0 Å². The molecule has 0 aromatic heterocycles. The molecule has 3 rings (SSSR count). The van der Waals surface area contributed by atoms with Crippen LogP contribution in [0.4, 0.5) is 0 Å². The van der Waals surface area contributed by atoms with Crippen molar-refractivity contribution in [2.45, 2.75) is 51.0 Å². The average Bonchev–Trinajstić information content (AvgIpc) is 3.13. The highest BCUT2D eigenvalue weighted by molar-refractivity contribution is 5.76. The highest BCUT2D eigenvalue weighted by atomic mass is 16.9. The summed E-state index contributed by atoms with van der Waals surface area (Å²) in [6.07, 6.45) is 4.48. The fraction of sp³-hybridized carbons (Fsp3) is 0.562. The molecule has 1 saturated heterocycles. The first-order valence-corrected chi connectivity index (χ1v) is 7.89. The molecular weight excluding hydrogens is 300 g/mol. The zero-order chi connectivity index (χ0) is 16.2. The number of ether oxygens (including phenoxy) is 1. The number of nitrogens with one attached hydrogen (secondary N) is 1. The standard InChI is InChI=1S/C16H20N2O5/c19-16(15-8-13-2-1-3-14(13)17-15)22-9-11-4-6-12(7-5-11)10-23-18(20)21/h4-7,13-15,17H,1-3,8-10H2/t13-,14-,15?/m0/s1. The van der Waals surface area contributed by atoms with Gasteiger partial charge < -0.3 is 14.9 Å². The zero-order valence-electron chi connectivity index (χ0n) is 12.8. The largest absolute Gasteiger partial charge is 0.460 e. The summed E-state index contributed by atoms with van der Waals surface area (Å²) in [5.74, 6) is 0.425. The maximum Gasteiger partial charge on any atom is 0.323 e. The van der Waals surface area contributed by atoms with Gasteiger partial charge in [0, 0.05) is 6.04 Å². The van der Waals surface area contributed by atoms with E-state index in [1.165, 1.54) is 12.8 Å². The van der Waals surface area contributed by atoms with Crippen LogP contribution in [0.25, 0.3) is 0 Å². The van der Waals surface area contributed by atoms with Crippen LogP contribution in [0.1, 0.15) is 36.8 Å². The second-order valence-electron chi connectivity index (χ2n) is 6.17. The molecule has 1 aromatic rings. The maximum absolute atomic E-state index is 12.1. The Bertz CT molecular complexity index is 562. The zero-order valence-corrected chi connectivity index (χ0v) is 12.8. The van der Waals surface area contributed by atoms with E-state index in [2.05, 4.69) is 10.2 Å². The van der Waals surface area contributed by atoms with E-state index in [9.17, 15) is 14.9 Å². The molecule has 1 saturated carbocycles. The van der Waals surface area contributed by atoms with E-state index in [4.69, 9.17) is 4.74 Å². The summed E-state index contributed by atoms with van der Waals surface area (Å²) in [4.78, 5) is 26.5. The molecule has 2 fully saturated rings. The van der Waals surface area contributed by atoms with E-state index in [1.807, 2.05) is 0 Å². The van der Waals surface area contributed by atoms with Gasteiger partial charge in [-0.2, -0.15) is 0 Å². The van der Waals surface area contributed by atoms with Crippen molar-refractivity contribution >= 4 is 5.97 Å². The highest BCUT2D eigenvalue weighted by Gasteiger charge is 2.40. The van der Waals surface area contributed by atoms with Crippen LogP contribution < -0.4 is 5.32 Å². The normalized spacial score (nSPS) is 25.8. The van der Waals surface area contributed by atoms with Crippen LogP contribution in [-0.2, 0) is 27.6 Å². The molecule has 0 bridgehead atoms. The van der Waals surface area contributed by atoms with Gasteiger partial charge in [0.05, 0.1) is 0 Å². The van der Waals surface area contributed by atoms with Gasteiger partial charge in [0.2, 0.25) is 0 Å². The lowest BCUT2D eigenvalue weighted by Crippen LogP contribution is -2.36. The predicted octanol–water partition coefficient (Wildman–Crippen LogP) is 1.97. The summed E-state index contributed by atoms with van der Waals surface area (Å²) < 4.78 is 5.37. The molecule has 7 heteroatoms. The molecule has 0 amide bonds. The molecular formula is C16H20N2O5. The minimum atomic E-state index is -0.820. The van der Waals surface area contributed by atoms with Crippen LogP contribution in [0.2, 0.25) is 0 Å². The molecule has 1 aromatic carbocycles. The predicted molar refractivity (Wildman–Crippen MR) is 80.7 cm³/mol. The van der Waals surface area contributed by atoms with Gasteiger partial charge in [-0.1, -0.05) is 30.7 Å². The van der Waals surface area contributed by atoms with Crippen molar-refractivity contribution in [3.05, 3.63) is 45.5 Å². The molecule has 1 unspecified atom stereocenters. The quantitative estimate of drug-likeness (QED) is 0.489. The van der Waals surface area contributed by atoms with Crippen LogP contribution in [0.15, 0.2) is 24.3 Å². The number of nitrogens with zero attached hydrogens (tertiary/aromatic N) is 1. The molecule has 1 heterocycles. The number of esters is 1. The van der Waals surface area contributed by atoms with Gasteiger partial charge in [-0.3, -0.25) is 4.79 Å². The third-order valence-corrected chi connectivity index (χ3v) is 4.64. The summed E-state index contributed by atoms with van der Waals surface area (Å²) in [6.45, 7) is 0.130. The molecule has 124 valence electrons. The molecule has 7 nitrogen and oxygen atoms in total. The van der Waals surface area contributed by atoms with E-state index in [0.29, 0.717) is 17.5 Å². The van der Waals surface area contributed by atoms with E-state index < -0.39 is 5.09 Å². The maximum atomic E-state index is 12.1. The number of hydrogen-bond acceptors (Lipinski definition) is 6. The van der Waals surface area contributed by atoms with E-state index in [1.54, 1.807) is 24.3 Å². The lowest BCUT2D eigenvalue weighted by Gasteiger charge is -2.12. The van der Waals surface area contributed by atoms with Crippen LogP contribution in [-0.4, -0.2) is 23.1 Å². The Morgan fingerprint density at radius 3 is 2.57 bits per heavy atom. The molecule has 0 radical (unpaired) electrons. The van der Waals surface area contributed by atoms with Crippen LogP contribution in [0.3, 0.4) is 0 Å². The van der Waals surface area contributed by atoms with Crippen LogP contribution in [0.5, 0.6) is 0 Å². The highest BCUT2D eigenvalue weighted by Crippen LogP contribution is 2.34. The number of hydrogen-bond donors (Lipinski definition) is 1. The summed E-state index contributed by atoms with van der Waals surface area (Å²) in [7, 11) is 0. The Hall–Kier alpha value is -2.15. The summed E-state index contributed by atoms with van der Waals surface area (Å²) in [5.41, 5.74) is 1.54. The van der Waals surface area contributed by atoms with Gasteiger partial charge >= 0.3 is 5.97 Å². The van der Waals surface area contributed by atoms with E-state index in [0.717, 1.165) is 18.4 Å². The molecule has 23 heavy (non-hydrogen) atoms. The third-order valence-electron chi connectivity index (χ3n) is 4.64. The lowest BCUT2D eigenvalue weighted by molar-refractivity contribution is -0.763. The van der Waals surface area contributed by atoms with Crippen LogP contribution in [0, 0.1) is 16.0 Å².